The van der Waals surface area contributed by atoms with Gasteiger partial charge in [0, 0.05) is 24.1 Å². The molecular weight excluding hydrogens is 319 g/mol. The molecule has 0 saturated carbocycles. The molecule has 0 radical (unpaired) electrons. The zero-order valence-corrected chi connectivity index (χ0v) is 13.3. The number of pyridine rings is 1. The van der Waals surface area contributed by atoms with Crippen molar-refractivity contribution in [1.82, 2.24) is 4.98 Å². The van der Waals surface area contributed by atoms with Gasteiger partial charge in [-0.3, -0.25) is 9.78 Å². The topological polar surface area (TPSA) is 54.0 Å². The number of hydrogen-bond donors (Lipinski definition) is 2. The second kappa shape index (κ2) is 7.33. The largest absolute Gasteiger partial charge is 0.416 e. The van der Waals surface area contributed by atoms with Gasteiger partial charge in [0.1, 0.15) is 0 Å². The molecule has 1 heterocycles. The van der Waals surface area contributed by atoms with E-state index in [0.29, 0.717) is 5.69 Å². The first-order valence-corrected chi connectivity index (χ1v) is 7.49. The van der Waals surface area contributed by atoms with Crippen LogP contribution in [0.1, 0.15) is 36.2 Å². The van der Waals surface area contributed by atoms with Crippen LogP contribution >= 0.6 is 0 Å². The Hall–Kier alpha value is -2.57. The predicted octanol–water partition coefficient (Wildman–Crippen LogP) is 4.56. The molecule has 1 unspecified atom stereocenters. The quantitative estimate of drug-likeness (QED) is 0.841. The van der Waals surface area contributed by atoms with Crippen LogP contribution in [0.3, 0.4) is 0 Å². The third-order valence-corrected chi connectivity index (χ3v) is 3.47. The number of hydrogen-bond acceptors (Lipinski definition) is 3. The molecule has 0 fully saturated rings. The third-order valence-electron chi connectivity index (χ3n) is 3.47. The van der Waals surface area contributed by atoms with Crippen LogP contribution in [0, 0.1) is 0 Å². The number of rotatable bonds is 5. The SMILES string of the molecule is CCC(C)Nc1cncc(C(=O)Nc2cccc(C(F)(F)F)c2)c1. The number of nitrogens with zero attached hydrogens (tertiary/aromatic N) is 1. The molecule has 0 aliphatic carbocycles. The highest BCUT2D eigenvalue weighted by molar-refractivity contribution is 6.04. The molecular formula is C17H18F3N3O. The van der Waals surface area contributed by atoms with Crippen molar-refractivity contribution in [2.24, 2.45) is 0 Å². The molecule has 1 aromatic heterocycles. The van der Waals surface area contributed by atoms with E-state index in [1.54, 1.807) is 12.3 Å². The normalized spacial score (nSPS) is 12.5. The summed E-state index contributed by atoms with van der Waals surface area (Å²) in [6.07, 6.45) is -0.596. The molecule has 4 nitrogen and oxygen atoms in total. The van der Waals surface area contributed by atoms with Crippen molar-refractivity contribution in [3.8, 4) is 0 Å². The summed E-state index contributed by atoms with van der Waals surface area (Å²) in [5, 5.41) is 5.65. The molecule has 1 amide bonds. The molecule has 0 aliphatic heterocycles. The van der Waals surface area contributed by atoms with Crippen LogP contribution in [0.5, 0.6) is 0 Å². The molecule has 0 spiro atoms. The lowest BCUT2D eigenvalue weighted by Crippen LogP contribution is -2.16. The average Bonchev–Trinajstić information content (AvgIpc) is 2.54. The van der Waals surface area contributed by atoms with Gasteiger partial charge >= 0.3 is 6.18 Å². The Labute approximate surface area is 138 Å². The monoisotopic (exact) mass is 337 g/mol. The lowest BCUT2D eigenvalue weighted by molar-refractivity contribution is -0.137. The van der Waals surface area contributed by atoms with Crippen LogP contribution in [-0.2, 0) is 6.18 Å². The standard InChI is InChI=1S/C17H18F3N3O/c1-3-11(2)22-15-7-12(9-21-10-15)16(24)23-14-6-4-5-13(8-14)17(18,19)20/h4-11,22H,3H2,1-2H3,(H,23,24). The third kappa shape index (κ3) is 4.71. The van der Waals surface area contributed by atoms with E-state index in [4.69, 9.17) is 0 Å². The second-order valence-corrected chi connectivity index (χ2v) is 5.45. The summed E-state index contributed by atoms with van der Waals surface area (Å²) in [5.41, 5.74) is 0.211. The summed E-state index contributed by atoms with van der Waals surface area (Å²) in [5.74, 6) is -0.519. The highest BCUT2D eigenvalue weighted by Gasteiger charge is 2.30. The summed E-state index contributed by atoms with van der Waals surface area (Å²) >= 11 is 0. The lowest BCUT2D eigenvalue weighted by atomic mass is 10.1. The van der Waals surface area contributed by atoms with E-state index in [2.05, 4.69) is 15.6 Å². The smallest absolute Gasteiger partial charge is 0.381 e. The number of alkyl halides is 3. The summed E-state index contributed by atoms with van der Waals surface area (Å²) in [6, 6.07) is 6.33. The first-order chi connectivity index (χ1) is 11.3. The van der Waals surface area contributed by atoms with Crippen molar-refractivity contribution in [2.45, 2.75) is 32.5 Å². The Kier molecular flexibility index (Phi) is 5.43. The van der Waals surface area contributed by atoms with Gasteiger partial charge in [0.05, 0.1) is 16.8 Å². The summed E-state index contributed by atoms with van der Waals surface area (Å²) in [7, 11) is 0. The predicted molar refractivity (Wildman–Crippen MR) is 87.0 cm³/mol. The zero-order chi connectivity index (χ0) is 17.7. The zero-order valence-electron chi connectivity index (χ0n) is 13.3. The van der Waals surface area contributed by atoms with Crippen molar-refractivity contribution < 1.29 is 18.0 Å². The van der Waals surface area contributed by atoms with Crippen molar-refractivity contribution in [1.29, 1.82) is 0 Å². The Morgan fingerprint density at radius 1 is 1.21 bits per heavy atom. The maximum atomic E-state index is 12.7. The van der Waals surface area contributed by atoms with E-state index >= 15 is 0 Å². The molecule has 128 valence electrons. The number of benzene rings is 1. The fraction of sp³-hybridized carbons (Fsp3) is 0.294. The number of carbonyl (C=O) groups excluding carboxylic acids is 1. The number of aromatic nitrogens is 1. The number of halogens is 3. The summed E-state index contributed by atoms with van der Waals surface area (Å²) in [4.78, 5) is 16.2. The minimum absolute atomic E-state index is 0.0788. The molecule has 7 heteroatoms. The van der Waals surface area contributed by atoms with Gasteiger partial charge in [0.15, 0.2) is 0 Å². The average molecular weight is 337 g/mol. The van der Waals surface area contributed by atoms with Crippen molar-refractivity contribution in [2.75, 3.05) is 10.6 Å². The maximum Gasteiger partial charge on any atom is 0.416 e. The minimum Gasteiger partial charge on any atom is -0.381 e. The highest BCUT2D eigenvalue weighted by atomic mass is 19.4. The van der Waals surface area contributed by atoms with Gasteiger partial charge in [0.2, 0.25) is 0 Å². The second-order valence-electron chi connectivity index (χ2n) is 5.45. The van der Waals surface area contributed by atoms with Gasteiger partial charge in [-0.15, -0.1) is 0 Å². The van der Waals surface area contributed by atoms with Crippen LogP contribution in [0.15, 0.2) is 42.7 Å². The Balaban J connectivity index is 2.14. The molecule has 0 saturated heterocycles. The van der Waals surface area contributed by atoms with Gasteiger partial charge < -0.3 is 10.6 Å². The van der Waals surface area contributed by atoms with Crippen molar-refractivity contribution >= 4 is 17.3 Å². The van der Waals surface area contributed by atoms with Crippen molar-refractivity contribution in [3.63, 3.8) is 0 Å². The van der Waals surface area contributed by atoms with E-state index in [-0.39, 0.29) is 17.3 Å². The number of anilines is 2. The first kappa shape index (κ1) is 17.8. The first-order valence-electron chi connectivity index (χ1n) is 7.49. The van der Waals surface area contributed by atoms with E-state index < -0.39 is 17.6 Å². The lowest BCUT2D eigenvalue weighted by Gasteiger charge is -2.13. The number of nitrogens with one attached hydrogen (secondary N) is 2. The highest BCUT2D eigenvalue weighted by Crippen LogP contribution is 2.30. The molecule has 0 aliphatic rings. The van der Waals surface area contributed by atoms with Gasteiger partial charge in [-0.05, 0) is 37.6 Å². The summed E-state index contributed by atoms with van der Waals surface area (Å²) in [6.45, 7) is 4.02. The molecule has 0 bridgehead atoms. The Morgan fingerprint density at radius 3 is 2.62 bits per heavy atom. The molecule has 24 heavy (non-hydrogen) atoms. The van der Waals surface area contributed by atoms with Gasteiger partial charge in [-0.25, -0.2) is 0 Å². The van der Waals surface area contributed by atoms with E-state index in [1.165, 1.54) is 18.3 Å². The fourth-order valence-corrected chi connectivity index (χ4v) is 2.01. The summed E-state index contributed by atoms with van der Waals surface area (Å²) < 4.78 is 38.1. The number of carbonyl (C=O) groups is 1. The van der Waals surface area contributed by atoms with Crippen molar-refractivity contribution in [3.05, 3.63) is 53.9 Å². The van der Waals surface area contributed by atoms with Gasteiger partial charge in [-0.2, -0.15) is 13.2 Å². The Morgan fingerprint density at radius 2 is 1.96 bits per heavy atom. The van der Waals surface area contributed by atoms with Crippen LogP contribution in [0.25, 0.3) is 0 Å². The van der Waals surface area contributed by atoms with Crippen LogP contribution < -0.4 is 10.6 Å². The molecule has 2 N–H and O–H groups in total. The maximum absolute atomic E-state index is 12.7. The van der Waals surface area contributed by atoms with Gasteiger partial charge in [-0.1, -0.05) is 13.0 Å². The van der Waals surface area contributed by atoms with Crippen LogP contribution in [0.4, 0.5) is 24.5 Å². The van der Waals surface area contributed by atoms with Crippen LogP contribution in [0.2, 0.25) is 0 Å². The molecule has 2 rings (SSSR count). The number of amides is 1. The molecule has 1 atom stereocenters. The van der Waals surface area contributed by atoms with E-state index in [1.807, 2.05) is 13.8 Å². The van der Waals surface area contributed by atoms with Crippen LogP contribution in [-0.4, -0.2) is 16.9 Å². The van der Waals surface area contributed by atoms with Gasteiger partial charge in [0.25, 0.3) is 5.91 Å². The minimum atomic E-state index is -4.46. The molecule has 1 aromatic carbocycles. The fourth-order valence-electron chi connectivity index (χ4n) is 2.01. The Bertz CT molecular complexity index is 716. The van der Waals surface area contributed by atoms with E-state index in [9.17, 15) is 18.0 Å². The molecule has 2 aromatic rings. The van der Waals surface area contributed by atoms with E-state index in [0.717, 1.165) is 18.6 Å².